The predicted molar refractivity (Wildman–Crippen MR) is 55.8 cm³/mol. The molecule has 0 spiro atoms. The summed E-state index contributed by atoms with van der Waals surface area (Å²) in [5.41, 5.74) is 1.25. The largest absolute Gasteiger partial charge is 0.309 e. The van der Waals surface area contributed by atoms with Gasteiger partial charge in [-0.25, -0.2) is 0 Å². The van der Waals surface area contributed by atoms with Crippen LogP contribution >= 0.6 is 11.8 Å². The minimum atomic E-state index is 0.702. The zero-order chi connectivity index (χ0) is 8.93. The number of aromatic amines is 1. The van der Waals surface area contributed by atoms with Gasteiger partial charge in [-0.1, -0.05) is 0 Å². The lowest BCUT2D eigenvalue weighted by molar-refractivity contribution is 0.508. The molecule has 2 N–H and O–H groups in total. The van der Waals surface area contributed by atoms with E-state index in [1.165, 1.54) is 29.9 Å². The Morgan fingerprint density at radius 3 is 3.38 bits per heavy atom. The first-order valence-electron chi connectivity index (χ1n) is 4.74. The van der Waals surface area contributed by atoms with Gasteiger partial charge in [0.2, 0.25) is 0 Å². The molecular formula is C9H15N3S. The maximum atomic E-state index is 3.92. The Hall–Kier alpha value is -0.480. The van der Waals surface area contributed by atoms with E-state index in [2.05, 4.69) is 27.3 Å². The molecule has 0 saturated carbocycles. The summed E-state index contributed by atoms with van der Waals surface area (Å²) < 4.78 is 0. The van der Waals surface area contributed by atoms with Crippen LogP contribution in [0, 0.1) is 0 Å². The number of hydrogen-bond acceptors (Lipinski definition) is 3. The van der Waals surface area contributed by atoms with Crippen LogP contribution in [0.2, 0.25) is 0 Å². The van der Waals surface area contributed by atoms with Crippen molar-refractivity contribution in [2.45, 2.75) is 25.4 Å². The molecule has 1 saturated heterocycles. The van der Waals surface area contributed by atoms with Crippen molar-refractivity contribution in [2.24, 2.45) is 0 Å². The van der Waals surface area contributed by atoms with Gasteiger partial charge in [-0.3, -0.25) is 5.10 Å². The average Bonchev–Trinajstić information content (AvgIpc) is 2.69. The van der Waals surface area contributed by atoms with Crippen molar-refractivity contribution >= 4 is 11.8 Å². The van der Waals surface area contributed by atoms with E-state index in [1.807, 2.05) is 12.4 Å². The number of thioether (sulfide) groups is 1. The van der Waals surface area contributed by atoms with Gasteiger partial charge in [-0.05, 0) is 18.6 Å². The fourth-order valence-electron chi connectivity index (χ4n) is 1.54. The highest BCUT2D eigenvalue weighted by Gasteiger charge is 2.12. The highest BCUT2D eigenvalue weighted by atomic mass is 32.2. The summed E-state index contributed by atoms with van der Waals surface area (Å²) in [6, 6.07) is 0.702. The van der Waals surface area contributed by atoms with Crippen LogP contribution in [-0.2, 0) is 6.54 Å². The second kappa shape index (κ2) is 4.67. The van der Waals surface area contributed by atoms with Crippen LogP contribution in [0.3, 0.4) is 0 Å². The summed E-state index contributed by atoms with van der Waals surface area (Å²) >= 11 is 2.05. The maximum Gasteiger partial charge on any atom is 0.0532 e. The normalized spacial score (nSPS) is 23.2. The van der Waals surface area contributed by atoms with E-state index < -0.39 is 0 Å². The third kappa shape index (κ3) is 2.74. The average molecular weight is 197 g/mol. The van der Waals surface area contributed by atoms with Gasteiger partial charge in [0.25, 0.3) is 0 Å². The van der Waals surface area contributed by atoms with Crippen molar-refractivity contribution in [3.63, 3.8) is 0 Å². The number of hydrogen-bond donors (Lipinski definition) is 2. The fraction of sp³-hybridized carbons (Fsp3) is 0.667. The summed E-state index contributed by atoms with van der Waals surface area (Å²) in [6.45, 7) is 0.946. The van der Waals surface area contributed by atoms with E-state index in [9.17, 15) is 0 Å². The summed E-state index contributed by atoms with van der Waals surface area (Å²) in [7, 11) is 0. The molecular weight excluding hydrogens is 182 g/mol. The lowest BCUT2D eigenvalue weighted by Gasteiger charge is -2.22. The van der Waals surface area contributed by atoms with Crippen molar-refractivity contribution in [3.05, 3.63) is 18.0 Å². The molecule has 0 aromatic carbocycles. The van der Waals surface area contributed by atoms with E-state index in [0.717, 1.165) is 6.54 Å². The first-order valence-corrected chi connectivity index (χ1v) is 5.89. The molecule has 1 aromatic heterocycles. The zero-order valence-electron chi connectivity index (χ0n) is 7.62. The second-order valence-electron chi connectivity index (χ2n) is 3.40. The van der Waals surface area contributed by atoms with Crippen molar-refractivity contribution in [3.8, 4) is 0 Å². The van der Waals surface area contributed by atoms with Crippen LogP contribution < -0.4 is 5.32 Å². The monoisotopic (exact) mass is 197 g/mol. The Kier molecular flexibility index (Phi) is 3.27. The summed E-state index contributed by atoms with van der Waals surface area (Å²) in [5.74, 6) is 2.60. The quantitative estimate of drug-likeness (QED) is 0.769. The van der Waals surface area contributed by atoms with Gasteiger partial charge in [0.05, 0.1) is 6.20 Å². The molecule has 0 radical (unpaired) electrons. The first kappa shape index (κ1) is 9.09. The van der Waals surface area contributed by atoms with E-state index in [-0.39, 0.29) is 0 Å². The number of nitrogens with one attached hydrogen (secondary N) is 2. The van der Waals surface area contributed by atoms with E-state index in [4.69, 9.17) is 0 Å². The molecule has 72 valence electrons. The van der Waals surface area contributed by atoms with Gasteiger partial charge in [0.1, 0.15) is 0 Å². The van der Waals surface area contributed by atoms with Gasteiger partial charge in [0, 0.05) is 30.1 Å². The van der Waals surface area contributed by atoms with Gasteiger partial charge < -0.3 is 5.32 Å². The Morgan fingerprint density at radius 1 is 1.69 bits per heavy atom. The van der Waals surface area contributed by atoms with Crippen molar-refractivity contribution in [2.75, 3.05) is 11.5 Å². The summed E-state index contributed by atoms with van der Waals surface area (Å²) in [6.07, 6.45) is 6.50. The standard InChI is InChI=1S/C9H15N3S/c1-2-9(7-13-3-1)10-4-8-5-11-12-6-8/h5-6,9-10H,1-4,7H2,(H,11,12). The molecule has 2 rings (SSSR count). The topological polar surface area (TPSA) is 40.7 Å². The van der Waals surface area contributed by atoms with Crippen LogP contribution in [0.1, 0.15) is 18.4 Å². The molecule has 1 aliphatic rings. The highest BCUT2D eigenvalue weighted by Crippen LogP contribution is 2.17. The lowest BCUT2D eigenvalue weighted by atomic mass is 10.2. The SMILES string of the molecule is c1n[nH]cc1CNC1CCCSC1. The minimum absolute atomic E-state index is 0.702. The van der Waals surface area contributed by atoms with Crippen LogP contribution in [0.15, 0.2) is 12.4 Å². The van der Waals surface area contributed by atoms with Gasteiger partial charge in [-0.15, -0.1) is 0 Å². The highest BCUT2D eigenvalue weighted by molar-refractivity contribution is 7.99. The fourth-order valence-corrected chi connectivity index (χ4v) is 2.64. The third-order valence-electron chi connectivity index (χ3n) is 2.31. The molecule has 0 amide bonds. The Bertz CT molecular complexity index is 229. The van der Waals surface area contributed by atoms with Gasteiger partial charge >= 0.3 is 0 Å². The summed E-state index contributed by atoms with van der Waals surface area (Å²) in [5, 5.41) is 10.3. The molecule has 1 aliphatic heterocycles. The molecule has 1 aromatic rings. The predicted octanol–water partition coefficient (Wildman–Crippen LogP) is 1.39. The Morgan fingerprint density at radius 2 is 2.69 bits per heavy atom. The molecule has 4 heteroatoms. The van der Waals surface area contributed by atoms with Crippen LogP contribution in [0.25, 0.3) is 0 Å². The zero-order valence-corrected chi connectivity index (χ0v) is 8.44. The number of nitrogens with zero attached hydrogens (tertiary/aromatic N) is 1. The van der Waals surface area contributed by atoms with Crippen molar-refractivity contribution < 1.29 is 0 Å². The molecule has 2 heterocycles. The van der Waals surface area contributed by atoms with E-state index in [0.29, 0.717) is 6.04 Å². The van der Waals surface area contributed by atoms with Crippen molar-refractivity contribution in [1.29, 1.82) is 0 Å². The third-order valence-corrected chi connectivity index (χ3v) is 3.53. The van der Waals surface area contributed by atoms with Gasteiger partial charge in [0.15, 0.2) is 0 Å². The molecule has 3 nitrogen and oxygen atoms in total. The van der Waals surface area contributed by atoms with Crippen LogP contribution in [-0.4, -0.2) is 27.7 Å². The molecule has 0 bridgehead atoms. The Balaban J connectivity index is 1.72. The Labute approximate surface area is 82.7 Å². The first-order chi connectivity index (χ1) is 6.45. The maximum absolute atomic E-state index is 3.92. The number of H-pyrrole nitrogens is 1. The number of rotatable bonds is 3. The number of aromatic nitrogens is 2. The molecule has 1 unspecified atom stereocenters. The molecule has 13 heavy (non-hydrogen) atoms. The van der Waals surface area contributed by atoms with Gasteiger partial charge in [-0.2, -0.15) is 16.9 Å². The van der Waals surface area contributed by atoms with E-state index in [1.54, 1.807) is 0 Å². The van der Waals surface area contributed by atoms with E-state index >= 15 is 0 Å². The van der Waals surface area contributed by atoms with Crippen LogP contribution in [0.4, 0.5) is 0 Å². The summed E-state index contributed by atoms with van der Waals surface area (Å²) in [4.78, 5) is 0. The molecule has 1 fully saturated rings. The molecule has 1 atom stereocenters. The molecule has 0 aliphatic carbocycles. The van der Waals surface area contributed by atoms with Crippen LogP contribution in [0.5, 0.6) is 0 Å². The van der Waals surface area contributed by atoms with Crippen molar-refractivity contribution in [1.82, 2.24) is 15.5 Å². The smallest absolute Gasteiger partial charge is 0.0532 e. The lowest BCUT2D eigenvalue weighted by Crippen LogP contribution is -2.33. The second-order valence-corrected chi connectivity index (χ2v) is 4.55. The minimum Gasteiger partial charge on any atom is -0.309 e.